The van der Waals surface area contributed by atoms with Gasteiger partial charge in [0.2, 0.25) is 0 Å². The fourth-order valence-corrected chi connectivity index (χ4v) is 4.49. The molecule has 3 N–H and O–H groups in total. The molecule has 6 heteroatoms. The van der Waals surface area contributed by atoms with Crippen molar-refractivity contribution in [2.24, 2.45) is 5.92 Å². The zero-order valence-electron chi connectivity index (χ0n) is 12.2. The summed E-state index contributed by atoms with van der Waals surface area (Å²) in [5, 5.41) is 3.33. The van der Waals surface area contributed by atoms with E-state index in [0.717, 1.165) is 33.1 Å². The van der Waals surface area contributed by atoms with Crippen LogP contribution in [-0.4, -0.2) is 24.7 Å². The van der Waals surface area contributed by atoms with Gasteiger partial charge in [0.15, 0.2) is 0 Å². The van der Waals surface area contributed by atoms with E-state index in [1.807, 2.05) is 19.9 Å². The first kappa shape index (κ1) is 17.3. The van der Waals surface area contributed by atoms with Crippen molar-refractivity contribution in [2.45, 2.75) is 32.3 Å². The van der Waals surface area contributed by atoms with Crippen LogP contribution in [0.3, 0.4) is 0 Å². The number of ether oxygens (including phenoxy) is 1. The number of nitrogens with one attached hydrogen (secondary N) is 1. The van der Waals surface area contributed by atoms with Crippen LogP contribution in [0.1, 0.15) is 37.0 Å². The lowest BCUT2D eigenvalue weighted by atomic mass is 9.83. The number of halogens is 2. The first-order valence-electron chi connectivity index (χ1n) is 7.00. The maximum atomic E-state index is 12.5. The van der Waals surface area contributed by atoms with Crippen LogP contribution in [0.2, 0.25) is 0 Å². The van der Waals surface area contributed by atoms with Crippen molar-refractivity contribution < 1.29 is 9.53 Å². The minimum atomic E-state index is -0.474. The number of anilines is 1. The first-order valence-corrected chi connectivity index (χ1v) is 9.15. The molecule has 4 nitrogen and oxygen atoms in total. The van der Waals surface area contributed by atoms with Crippen molar-refractivity contribution in [3.63, 3.8) is 0 Å². The van der Waals surface area contributed by atoms with Crippen LogP contribution >= 0.6 is 45.2 Å². The molecule has 2 rings (SSSR count). The summed E-state index contributed by atoms with van der Waals surface area (Å²) in [5.41, 5.74) is 6.52. The Balaban J connectivity index is 2.17. The van der Waals surface area contributed by atoms with Crippen molar-refractivity contribution in [3.05, 3.63) is 24.8 Å². The standard InChI is InChI=1S/C15H20I2N2O2/c1-15(2,9-3-5-19-6-4-9)21-14(20)11-7-10(16)8-12(17)13(11)18/h7-9,19H,3-6,18H2,1-2H3. The second-order valence-corrected chi connectivity index (χ2v) is 8.27. The number of hydrogen-bond acceptors (Lipinski definition) is 4. The van der Waals surface area contributed by atoms with Gasteiger partial charge < -0.3 is 15.8 Å². The molecule has 1 aromatic rings. The van der Waals surface area contributed by atoms with E-state index in [4.69, 9.17) is 10.5 Å². The van der Waals surface area contributed by atoms with Crippen LogP contribution in [0, 0.1) is 13.1 Å². The highest BCUT2D eigenvalue weighted by Gasteiger charge is 2.34. The van der Waals surface area contributed by atoms with Gasteiger partial charge in [0, 0.05) is 13.1 Å². The van der Waals surface area contributed by atoms with Gasteiger partial charge in [-0.25, -0.2) is 4.79 Å². The summed E-state index contributed by atoms with van der Waals surface area (Å²) in [6, 6.07) is 3.74. The van der Waals surface area contributed by atoms with E-state index < -0.39 is 5.60 Å². The Morgan fingerprint density at radius 3 is 2.57 bits per heavy atom. The summed E-state index contributed by atoms with van der Waals surface area (Å²) < 4.78 is 7.67. The maximum Gasteiger partial charge on any atom is 0.340 e. The summed E-state index contributed by atoms with van der Waals surface area (Å²) >= 11 is 4.33. The van der Waals surface area contributed by atoms with Gasteiger partial charge in [-0.3, -0.25) is 0 Å². The monoisotopic (exact) mass is 514 g/mol. The largest absolute Gasteiger partial charge is 0.456 e. The van der Waals surface area contributed by atoms with Gasteiger partial charge in [0.25, 0.3) is 0 Å². The molecule has 0 bridgehead atoms. The molecule has 0 radical (unpaired) electrons. The van der Waals surface area contributed by atoms with Gasteiger partial charge in [-0.15, -0.1) is 0 Å². The normalized spacial score (nSPS) is 16.8. The molecule has 0 aliphatic carbocycles. The predicted molar refractivity (Wildman–Crippen MR) is 101 cm³/mol. The second-order valence-electron chi connectivity index (χ2n) is 5.87. The fraction of sp³-hybridized carbons (Fsp3) is 0.533. The van der Waals surface area contributed by atoms with E-state index in [2.05, 4.69) is 50.5 Å². The van der Waals surface area contributed by atoms with Crippen molar-refractivity contribution in [1.29, 1.82) is 0 Å². The third-order valence-corrected chi connectivity index (χ3v) is 5.51. The Bertz CT molecular complexity index is 541. The maximum absolute atomic E-state index is 12.5. The summed E-state index contributed by atoms with van der Waals surface area (Å²) in [4.78, 5) is 12.5. The van der Waals surface area contributed by atoms with E-state index in [9.17, 15) is 4.79 Å². The number of benzene rings is 1. The Hall–Kier alpha value is -0.0900. The van der Waals surface area contributed by atoms with E-state index in [1.54, 1.807) is 6.07 Å². The van der Waals surface area contributed by atoms with Crippen molar-refractivity contribution in [1.82, 2.24) is 5.32 Å². The number of piperidine rings is 1. The summed E-state index contributed by atoms with van der Waals surface area (Å²) in [6.45, 7) is 5.95. The summed E-state index contributed by atoms with van der Waals surface area (Å²) in [6.07, 6.45) is 2.05. The fourth-order valence-electron chi connectivity index (χ4n) is 2.65. The number of nitrogens with two attached hydrogens (primary N) is 1. The van der Waals surface area contributed by atoms with Gasteiger partial charge >= 0.3 is 5.97 Å². The second kappa shape index (κ2) is 6.99. The van der Waals surface area contributed by atoms with Gasteiger partial charge in [-0.05, 0) is 97.1 Å². The quantitative estimate of drug-likeness (QED) is 0.369. The minimum Gasteiger partial charge on any atom is -0.456 e. The zero-order chi connectivity index (χ0) is 15.6. The van der Waals surface area contributed by atoms with Gasteiger partial charge in [-0.2, -0.15) is 0 Å². The van der Waals surface area contributed by atoms with Crippen LogP contribution < -0.4 is 11.1 Å². The zero-order valence-corrected chi connectivity index (χ0v) is 16.5. The van der Waals surface area contributed by atoms with Gasteiger partial charge in [-0.1, -0.05) is 0 Å². The number of rotatable bonds is 3. The molecule has 1 heterocycles. The van der Waals surface area contributed by atoms with Crippen molar-refractivity contribution >= 4 is 56.8 Å². The van der Waals surface area contributed by atoms with Crippen LogP contribution in [0.4, 0.5) is 5.69 Å². The highest BCUT2D eigenvalue weighted by Crippen LogP contribution is 2.31. The lowest BCUT2D eigenvalue weighted by Gasteiger charge is -2.36. The molecule has 0 saturated carbocycles. The molecule has 21 heavy (non-hydrogen) atoms. The molecule has 1 aliphatic rings. The van der Waals surface area contributed by atoms with Gasteiger partial charge in [0.1, 0.15) is 5.60 Å². The third-order valence-electron chi connectivity index (χ3n) is 3.99. The van der Waals surface area contributed by atoms with Crippen molar-refractivity contribution in [2.75, 3.05) is 18.8 Å². The molecular formula is C15H20I2N2O2. The average Bonchev–Trinajstić information content (AvgIpc) is 2.43. The number of hydrogen-bond donors (Lipinski definition) is 2. The Kier molecular flexibility index (Phi) is 5.75. The van der Waals surface area contributed by atoms with Crippen LogP contribution in [0.15, 0.2) is 12.1 Å². The number of esters is 1. The molecular weight excluding hydrogens is 494 g/mol. The van der Waals surface area contributed by atoms with E-state index in [-0.39, 0.29) is 5.97 Å². The number of carbonyl (C=O) groups is 1. The van der Waals surface area contributed by atoms with E-state index in [0.29, 0.717) is 17.2 Å². The summed E-state index contributed by atoms with van der Waals surface area (Å²) in [7, 11) is 0. The molecule has 1 aliphatic heterocycles. The molecule has 0 atom stereocenters. The van der Waals surface area contributed by atoms with Crippen molar-refractivity contribution in [3.8, 4) is 0 Å². The molecule has 0 amide bonds. The predicted octanol–water partition coefficient (Wildman–Crippen LogP) is 3.41. The molecule has 116 valence electrons. The van der Waals surface area contributed by atoms with Gasteiger partial charge in [0.05, 0.1) is 11.3 Å². The molecule has 1 fully saturated rings. The molecule has 1 aromatic carbocycles. The summed E-state index contributed by atoms with van der Waals surface area (Å²) in [5.74, 6) is 0.0539. The Morgan fingerprint density at radius 1 is 1.33 bits per heavy atom. The van der Waals surface area contributed by atoms with Crippen LogP contribution in [0.5, 0.6) is 0 Å². The third kappa shape index (κ3) is 4.22. The van der Waals surface area contributed by atoms with Crippen LogP contribution in [-0.2, 0) is 4.74 Å². The molecule has 0 aromatic heterocycles. The average molecular weight is 514 g/mol. The number of nitrogen functional groups attached to an aromatic ring is 1. The number of carbonyl (C=O) groups excluding carboxylic acids is 1. The minimum absolute atomic E-state index is 0.326. The Morgan fingerprint density at radius 2 is 1.95 bits per heavy atom. The smallest absolute Gasteiger partial charge is 0.340 e. The molecule has 1 saturated heterocycles. The highest BCUT2D eigenvalue weighted by atomic mass is 127. The topological polar surface area (TPSA) is 64.3 Å². The lowest BCUT2D eigenvalue weighted by Crippen LogP contribution is -2.42. The van der Waals surface area contributed by atoms with E-state index in [1.165, 1.54) is 0 Å². The lowest BCUT2D eigenvalue weighted by molar-refractivity contribution is -0.0367. The molecule has 0 unspecified atom stereocenters. The highest BCUT2D eigenvalue weighted by molar-refractivity contribution is 14.1. The first-order chi connectivity index (χ1) is 9.81. The Labute approximate surface area is 152 Å². The van der Waals surface area contributed by atoms with Crippen LogP contribution in [0.25, 0.3) is 0 Å². The van der Waals surface area contributed by atoms with E-state index >= 15 is 0 Å². The SMILES string of the molecule is CC(C)(OC(=O)c1cc(I)cc(I)c1N)C1CCNCC1. The molecule has 0 spiro atoms.